The molecule has 7 heteroatoms. The lowest BCUT2D eigenvalue weighted by molar-refractivity contribution is 0.0703. The van der Waals surface area contributed by atoms with Gasteiger partial charge in [-0.2, -0.15) is 0 Å². The Labute approximate surface area is 154 Å². The Kier molecular flexibility index (Phi) is 4.68. The Hall–Kier alpha value is -2.51. The second-order valence-corrected chi connectivity index (χ2v) is 9.09. The molecular weight excluding hydrogens is 375 g/mol. The standard InChI is InChI=1S/C19H15FO4S2/c1-11-16(12-3-7-14(20)8-4-12)17(18(25-11)19(21)22)13-5-9-15(10-6-13)26(2,23)24/h3-10H,1-2H3,(H,21,22). The molecule has 134 valence electrons. The van der Waals surface area contributed by atoms with Gasteiger partial charge in [-0.3, -0.25) is 0 Å². The van der Waals surface area contributed by atoms with Crippen LogP contribution in [-0.4, -0.2) is 25.7 Å². The molecule has 1 N–H and O–H groups in total. The second kappa shape index (κ2) is 6.66. The number of halogens is 1. The Balaban J connectivity index is 2.25. The molecule has 3 aromatic rings. The summed E-state index contributed by atoms with van der Waals surface area (Å²) in [6.07, 6.45) is 1.11. The Morgan fingerprint density at radius 3 is 1.96 bits per heavy atom. The molecule has 0 aliphatic carbocycles. The molecule has 3 rings (SSSR count). The lowest BCUT2D eigenvalue weighted by Gasteiger charge is -2.09. The van der Waals surface area contributed by atoms with Gasteiger partial charge >= 0.3 is 5.97 Å². The second-order valence-electron chi connectivity index (χ2n) is 5.85. The van der Waals surface area contributed by atoms with Crippen LogP contribution in [0.2, 0.25) is 0 Å². The van der Waals surface area contributed by atoms with Crippen LogP contribution in [0, 0.1) is 12.7 Å². The van der Waals surface area contributed by atoms with E-state index in [1.165, 1.54) is 24.3 Å². The van der Waals surface area contributed by atoms with Crippen LogP contribution in [0.4, 0.5) is 4.39 Å². The molecule has 26 heavy (non-hydrogen) atoms. The van der Waals surface area contributed by atoms with Crippen molar-refractivity contribution in [1.29, 1.82) is 0 Å². The van der Waals surface area contributed by atoms with Gasteiger partial charge in [0.2, 0.25) is 0 Å². The highest BCUT2D eigenvalue weighted by atomic mass is 32.2. The fraction of sp³-hybridized carbons (Fsp3) is 0.105. The van der Waals surface area contributed by atoms with Gasteiger partial charge < -0.3 is 5.11 Å². The Morgan fingerprint density at radius 2 is 1.46 bits per heavy atom. The lowest BCUT2D eigenvalue weighted by atomic mass is 9.95. The van der Waals surface area contributed by atoms with Crippen LogP contribution < -0.4 is 0 Å². The summed E-state index contributed by atoms with van der Waals surface area (Å²) in [6.45, 7) is 1.81. The molecule has 1 heterocycles. The average Bonchev–Trinajstić information content (AvgIpc) is 2.92. The summed E-state index contributed by atoms with van der Waals surface area (Å²) in [7, 11) is -3.35. The largest absolute Gasteiger partial charge is 0.477 e. The number of hydrogen-bond acceptors (Lipinski definition) is 4. The first-order valence-electron chi connectivity index (χ1n) is 7.61. The van der Waals surface area contributed by atoms with Gasteiger partial charge in [-0.15, -0.1) is 11.3 Å². The zero-order valence-corrected chi connectivity index (χ0v) is 15.6. The van der Waals surface area contributed by atoms with Crippen LogP contribution in [0.25, 0.3) is 22.3 Å². The maximum absolute atomic E-state index is 13.3. The van der Waals surface area contributed by atoms with Gasteiger partial charge in [0.25, 0.3) is 0 Å². The predicted octanol–water partition coefficient (Wildman–Crippen LogP) is 4.63. The minimum Gasteiger partial charge on any atom is -0.477 e. The van der Waals surface area contributed by atoms with E-state index in [-0.39, 0.29) is 15.6 Å². The number of aromatic carboxylic acids is 1. The number of sulfone groups is 1. The van der Waals surface area contributed by atoms with E-state index in [0.717, 1.165) is 22.5 Å². The monoisotopic (exact) mass is 390 g/mol. The van der Waals surface area contributed by atoms with Gasteiger partial charge in [-0.1, -0.05) is 24.3 Å². The number of carboxylic acid groups (broad SMARTS) is 1. The number of carboxylic acids is 1. The Morgan fingerprint density at radius 1 is 0.962 bits per heavy atom. The van der Waals surface area contributed by atoms with Crippen LogP contribution in [0.1, 0.15) is 14.5 Å². The zero-order valence-electron chi connectivity index (χ0n) is 14.0. The van der Waals surface area contributed by atoms with E-state index in [2.05, 4.69) is 0 Å². The summed E-state index contributed by atoms with van der Waals surface area (Å²) in [6, 6.07) is 12.0. The Bertz CT molecular complexity index is 1080. The van der Waals surface area contributed by atoms with Crippen LogP contribution in [0.15, 0.2) is 53.4 Å². The van der Waals surface area contributed by atoms with E-state index < -0.39 is 15.8 Å². The van der Waals surface area contributed by atoms with Gasteiger partial charge in [-0.25, -0.2) is 17.6 Å². The summed E-state index contributed by atoms with van der Waals surface area (Å²) in [5.74, 6) is -1.44. The van der Waals surface area contributed by atoms with Gasteiger partial charge in [0.1, 0.15) is 10.7 Å². The molecule has 0 radical (unpaired) electrons. The molecule has 0 saturated carbocycles. The highest BCUT2D eigenvalue weighted by Crippen LogP contribution is 2.43. The minimum absolute atomic E-state index is 0.161. The van der Waals surface area contributed by atoms with Gasteiger partial charge in [0.15, 0.2) is 9.84 Å². The molecule has 1 aromatic heterocycles. The first-order valence-corrected chi connectivity index (χ1v) is 10.3. The van der Waals surface area contributed by atoms with Crippen molar-refractivity contribution in [2.45, 2.75) is 11.8 Å². The maximum Gasteiger partial charge on any atom is 0.346 e. The SMILES string of the molecule is Cc1sc(C(=O)O)c(-c2ccc(S(C)(=O)=O)cc2)c1-c1ccc(F)cc1. The summed E-state index contributed by atoms with van der Waals surface area (Å²) in [5.41, 5.74) is 2.51. The lowest BCUT2D eigenvalue weighted by Crippen LogP contribution is -1.98. The summed E-state index contributed by atoms with van der Waals surface area (Å²) in [5, 5.41) is 9.59. The van der Waals surface area contributed by atoms with Crippen molar-refractivity contribution in [2.75, 3.05) is 6.26 Å². The van der Waals surface area contributed by atoms with Crippen LogP contribution in [-0.2, 0) is 9.84 Å². The van der Waals surface area contributed by atoms with Crippen molar-refractivity contribution in [2.24, 2.45) is 0 Å². The molecule has 2 aromatic carbocycles. The summed E-state index contributed by atoms with van der Waals surface area (Å²) >= 11 is 1.14. The summed E-state index contributed by atoms with van der Waals surface area (Å²) in [4.78, 5) is 12.8. The topological polar surface area (TPSA) is 71.4 Å². The predicted molar refractivity (Wildman–Crippen MR) is 100.0 cm³/mol. The van der Waals surface area contributed by atoms with E-state index in [0.29, 0.717) is 22.3 Å². The van der Waals surface area contributed by atoms with Crippen molar-refractivity contribution in [3.63, 3.8) is 0 Å². The molecule has 0 aliphatic heterocycles. The molecule has 4 nitrogen and oxygen atoms in total. The number of carbonyl (C=O) groups is 1. The molecular formula is C19H15FO4S2. The van der Waals surface area contributed by atoms with Gasteiger partial charge in [0.05, 0.1) is 4.90 Å². The number of benzene rings is 2. The van der Waals surface area contributed by atoms with E-state index in [1.54, 1.807) is 24.3 Å². The van der Waals surface area contributed by atoms with E-state index in [1.807, 2.05) is 6.92 Å². The van der Waals surface area contributed by atoms with Crippen LogP contribution in [0.3, 0.4) is 0 Å². The molecule has 0 saturated heterocycles. The molecule has 0 fully saturated rings. The van der Waals surface area contributed by atoms with Crippen molar-refractivity contribution in [3.05, 3.63) is 64.1 Å². The number of rotatable bonds is 4. The molecule has 0 aliphatic rings. The average molecular weight is 390 g/mol. The van der Waals surface area contributed by atoms with E-state index in [9.17, 15) is 22.7 Å². The third kappa shape index (κ3) is 3.40. The normalized spacial score (nSPS) is 11.5. The van der Waals surface area contributed by atoms with Gasteiger partial charge in [0, 0.05) is 22.3 Å². The molecule has 0 unspecified atom stereocenters. The maximum atomic E-state index is 13.3. The fourth-order valence-corrected chi connectivity index (χ4v) is 4.47. The van der Waals surface area contributed by atoms with Crippen molar-refractivity contribution >= 4 is 27.1 Å². The van der Waals surface area contributed by atoms with Crippen LogP contribution >= 0.6 is 11.3 Å². The minimum atomic E-state index is -3.35. The van der Waals surface area contributed by atoms with Crippen molar-refractivity contribution in [1.82, 2.24) is 0 Å². The van der Waals surface area contributed by atoms with E-state index >= 15 is 0 Å². The first kappa shape index (κ1) is 18.3. The summed E-state index contributed by atoms with van der Waals surface area (Å²) < 4.78 is 36.6. The quantitative estimate of drug-likeness (QED) is 0.705. The highest BCUT2D eigenvalue weighted by Gasteiger charge is 2.23. The van der Waals surface area contributed by atoms with Gasteiger partial charge in [-0.05, 0) is 42.3 Å². The molecule has 0 bridgehead atoms. The van der Waals surface area contributed by atoms with Crippen molar-refractivity contribution < 1.29 is 22.7 Å². The third-order valence-corrected chi connectivity index (χ3v) is 6.20. The van der Waals surface area contributed by atoms with Crippen LogP contribution in [0.5, 0.6) is 0 Å². The highest BCUT2D eigenvalue weighted by molar-refractivity contribution is 7.90. The molecule has 0 amide bonds. The molecule has 0 spiro atoms. The number of aryl methyl sites for hydroxylation is 1. The van der Waals surface area contributed by atoms with E-state index in [4.69, 9.17) is 0 Å². The zero-order chi connectivity index (χ0) is 19.1. The third-order valence-electron chi connectivity index (χ3n) is 3.98. The van der Waals surface area contributed by atoms with Crippen molar-refractivity contribution in [3.8, 4) is 22.3 Å². The number of hydrogen-bond donors (Lipinski definition) is 1. The smallest absolute Gasteiger partial charge is 0.346 e. The fourth-order valence-electron chi connectivity index (χ4n) is 2.80. The first-order chi connectivity index (χ1) is 12.2. The number of thiophene rings is 1. The molecule has 0 atom stereocenters.